The van der Waals surface area contributed by atoms with Crippen LogP contribution in [0.15, 0.2) is 0 Å². The molecule has 1 saturated heterocycles. The molecule has 0 aromatic heterocycles. The number of epoxide rings is 1. The summed E-state index contributed by atoms with van der Waals surface area (Å²) in [5.74, 6) is 1.31. The Bertz CT molecular complexity index is 380. The van der Waals surface area contributed by atoms with E-state index >= 15 is 0 Å². The number of hydrogen-bond donors (Lipinski definition) is 1. The minimum Gasteiger partial charge on any atom is -0.393 e. The van der Waals surface area contributed by atoms with Gasteiger partial charge in [-0.3, -0.25) is 0 Å². The van der Waals surface area contributed by atoms with Gasteiger partial charge in [0.15, 0.2) is 0 Å². The molecule has 3 fully saturated rings. The zero-order valence-electron chi connectivity index (χ0n) is 15.5. The summed E-state index contributed by atoms with van der Waals surface area (Å²) in [6, 6.07) is 0. The quantitative estimate of drug-likeness (QED) is 0.652. The largest absolute Gasteiger partial charge is 0.393 e. The second-order valence-corrected chi connectivity index (χ2v) is 8.76. The second kappa shape index (κ2) is 8.48. The lowest BCUT2D eigenvalue weighted by Crippen LogP contribution is -2.31. The highest BCUT2D eigenvalue weighted by Crippen LogP contribution is 2.39. The van der Waals surface area contributed by atoms with Crippen LogP contribution < -0.4 is 0 Å². The third-order valence-corrected chi connectivity index (χ3v) is 6.39. The molecule has 1 N–H and O–H groups in total. The molecule has 3 rings (SSSR count). The van der Waals surface area contributed by atoms with Crippen molar-refractivity contribution < 1.29 is 19.3 Å². The first-order chi connectivity index (χ1) is 11.6. The highest BCUT2D eigenvalue weighted by molar-refractivity contribution is 4.91. The van der Waals surface area contributed by atoms with Gasteiger partial charge in [-0.2, -0.15) is 0 Å². The molecule has 24 heavy (non-hydrogen) atoms. The summed E-state index contributed by atoms with van der Waals surface area (Å²) in [7, 11) is 0. The van der Waals surface area contributed by atoms with E-state index in [9.17, 15) is 5.11 Å². The Balaban J connectivity index is 1.29. The van der Waals surface area contributed by atoms with Gasteiger partial charge in [0.05, 0.1) is 31.5 Å². The van der Waals surface area contributed by atoms with Gasteiger partial charge in [-0.1, -0.05) is 13.8 Å². The normalized spacial score (nSPS) is 38.4. The van der Waals surface area contributed by atoms with Crippen LogP contribution in [0.25, 0.3) is 0 Å². The molecule has 1 heterocycles. The third-order valence-electron chi connectivity index (χ3n) is 6.39. The summed E-state index contributed by atoms with van der Waals surface area (Å²) in [6.07, 6.45) is 9.89. The van der Waals surface area contributed by atoms with E-state index < -0.39 is 0 Å². The van der Waals surface area contributed by atoms with Crippen LogP contribution in [0, 0.1) is 17.3 Å². The molecule has 0 radical (unpaired) electrons. The number of aliphatic hydroxyl groups excluding tert-OH is 1. The molecule has 4 nitrogen and oxygen atoms in total. The van der Waals surface area contributed by atoms with Crippen molar-refractivity contribution in [2.24, 2.45) is 17.3 Å². The predicted octanol–water partition coefficient (Wildman–Crippen LogP) is 3.55. The van der Waals surface area contributed by atoms with Gasteiger partial charge in [-0.15, -0.1) is 0 Å². The number of ether oxygens (including phenoxy) is 3. The first-order valence-corrected chi connectivity index (χ1v) is 10.1. The first-order valence-electron chi connectivity index (χ1n) is 10.1. The Morgan fingerprint density at radius 3 is 2.17 bits per heavy atom. The van der Waals surface area contributed by atoms with Crippen molar-refractivity contribution in [2.75, 3.05) is 26.4 Å². The van der Waals surface area contributed by atoms with Gasteiger partial charge in [-0.05, 0) is 63.2 Å². The summed E-state index contributed by atoms with van der Waals surface area (Å²) < 4.78 is 17.7. The van der Waals surface area contributed by atoms with Crippen molar-refractivity contribution in [1.82, 2.24) is 0 Å². The molecule has 0 amide bonds. The molecule has 140 valence electrons. The molecule has 3 aliphatic rings. The monoisotopic (exact) mass is 340 g/mol. The fourth-order valence-electron chi connectivity index (χ4n) is 4.14. The van der Waals surface area contributed by atoms with Crippen LogP contribution in [0.1, 0.15) is 65.2 Å². The molecule has 4 heteroatoms. The summed E-state index contributed by atoms with van der Waals surface area (Å²) >= 11 is 0. The molecule has 1 aliphatic heterocycles. The van der Waals surface area contributed by atoms with E-state index in [2.05, 4.69) is 13.8 Å². The molecule has 0 bridgehead atoms. The first kappa shape index (κ1) is 18.6. The van der Waals surface area contributed by atoms with Crippen molar-refractivity contribution in [3.8, 4) is 0 Å². The SMILES string of the molecule is CCC(C)(COCC1CCC(O)CC1)COCC1CCC2OC2C1. The summed E-state index contributed by atoms with van der Waals surface area (Å²) in [4.78, 5) is 0. The van der Waals surface area contributed by atoms with Gasteiger partial charge < -0.3 is 19.3 Å². The molecule has 4 unspecified atom stereocenters. The van der Waals surface area contributed by atoms with Crippen LogP contribution in [0.3, 0.4) is 0 Å². The number of fused-ring (bicyclic) bond motifs is 1. The maximum Gasteiger partial charge on any atom is 0.0845 e. The minimum atomic E-state index is -0.0772. The van der Waals surface area contributed by atoms with Crippen molar-refractivity contribution in [1.29, 1.82) is 0 Å². The Morgan fingerprint density at radius 2 is 1.54 bits per heavy atom. The minimum absolute atomic E-state index is 0.0772. The van der Waals surface area contributed by atoms with Crippen LogP contribution in [0.5, 0.6) is 0 Å². The maximum absolute atomic E-state index is 9.58. The predicted molar refractivity (Wildman–Crippen MR) is 94.0 cm³/mol. The van der Waals surface area contributed by atoms with Gasteiger partial charge in [-0.25, -0.2) is 0 Å². The van der Waals surface area contributed by atoms with Gasteiger partial charge in [0, 0.05) is 18.6 Å². The zero-order valence-corrected chi connectivity index (χ0v) is 15.5. The summed E-state index contributed by atoms with van der Waals surface area (Å²) in [5, 5.41) is 9.58. The average Bonchev–Trinajstić information content (AvgIpc) is 3.35. The van der Waals surface area contributed by atoms with E-state index in [1.54, 1.807) is 0 Å². The Hall–Kier alpha value is -0.160. The van der Waals surface area contributed by atoms with E-state index in [1.165, 1.54) is 19.3 Å². The fourth-order valence-corrected chi connectivity index (χ4v) is 4.14. The van der Waals surface area contributed by atoms with Crippen molar-refractivity contribution in [2.45, 2.75) is 83.5 Å². The Morgan fingerprint density at radius 1 is 0.917 bits per heavy atom. The zero-order chi connectivity index (χ0) is 17.0. The van der Waals surface area contributed by atoms with Crippen LogP contribution in [0.2, 0.25) is 0 Å². The van der Waals surface area contributed by atoms with Crippen molar-refractivity contribution in [3.05, 3.63) is 0 Å². The molecule has 4 atom stereocenters. The van der Waals surface area contributed by atoms with Gasteiger partial charge in [0.2, 0.25) is 0 Å². The van der Waals surface area contributed by atoms with E-state index in [1.807, 2.05) is 0 Å². The second-order valence-electron chi connectivity index (χ2n) is 8.76. The number of aliphatic hydroxyl groups is 1. The third kappa shape index (κ3) is 5.42. The number of rotatable bonds is 9. The summed E-state index contributed by atoms with van der Waals surface area (Å²) in [5.41, 5.74) is 0.113. The molecular formula is C20H36O4. The summed E-state index contributed by atoms with van der Waals surface area (Å²) in [6.45, 7) is 7.79. The molecule has 0 spiro atoms. The van der Waals surface area contributed by atoms with Crippen LogP contribution in [-0.4, -0.2) is 49.8 Å². The highest BCUT2D eigenvalue weighted by atomic mass is 16.6. The molecule has 2 saturated carbocycles. The fraction of sp³-hybridized carbons (Fsp3) is 1.00. The molecule has 0 aromatic rings. The highest BCUT2D eigenvalue weighted by Gasteiger charge is 2.43. The van der Waals surface area contributed by atoms with Crippen molar-refractivity contribution in [3.63, 3.8) is 0 Å². The Kier molecular flexibility index (Phi) is 6.58. The van der Waals surface area contributed by atoms with Gasteiger partial charge in [0.25, 0.3) is 0 Å². The standard InChI is InChI=1S/C20H36O4/c1-3-20(2,13-22-11-15-4-7-17(21)8-5-15)14-23-12-16-6-9-18-19(10-16)24-18/h15-19,21H,3-14H2,1-2H3. The van der Waals surface area contributed by atoms with Crippen LogP contribution >= 0.6 is 0 Å². The number of hydrogen-bond acceptors (Lipinski definition) is 4. The molecule has 2 aliphatic carbocycles. The van der Waals surface area contributed by atoms with Crippen LogP contribution in [0.4, 0.5) is 0 Å². The smallest absolute Gasteiger partial charge is 0.0845 e. The molecule has 0 aromatic carbocycles. The maximum atomic E-state index is 9.58. The van der Waals surface area contributed by atoms with Gasteiger partial charge in [0.1, 0.15) is 0 Å². The van der Waals surface area contributed by atoms with Crippen molar-refractivity contribution >= 4 is 0 Å². The lowest BCUT2D eigenvalue weighted by Gasteiger charge is -2.31. The lowest BCUT2D eigenvalue weighted by molar-refractivity contribution is -0.0384. The Labute approximate surface area is 147 Å². The van der Waals surface area contributed by atoms with Crippen LogP contribution in [-0.2, 0) is 14.2 Å². The molecular weight excluding hydrogens is 304 g/mol. The average molecular weight is 341 g/mol. The lowest BCUT2D eigenvalue weighted by atomic mass is 9.87. The van der Waals surface area contributed by atoms with E-state index in [4.69, 9.17) is 14.2 Å². The van der Waals surface area contributed by atoms with E-state index in [-0.39, 0.29) is 11.5 Å². The topological polar surface area (TPSA) is 51.2 Å². The van der Waals surface area contributed by atoms with Gasteiger partial charge >= 0.3 is 0 Å². The van der Waals surface area contributed by atoms with E-state index in [0.717, 1.165) is 58.5 Å². The van der Waals surface area contributed by atoms with E-state index in [0.29, 0.717) is 24.0 Å².